The van der Waals surface area contributed by atoms with Crippen molar-refractivity contribution in [2.24, 2.45) is 0 Å². The molecule has 1 saturated carbocycles. The van der Waals surface area contributed by atoms with E-state index in [1.165, 1.54) is 12.1 Å². The van der Waals surface area contributed by atoms with Crippen molar-refractivity contribution in [1.82, 2.24) is 4.90 Å². The predicted octanol–water partition coefficient (Wildman–Crippen LogP) is 1.90. The normalized spacial score (nSPS) is 31.5. The molecule has 3 rings (SSSR count). The highest BCUT2D eigenvalue weighted by Crippen LogP contribution is 2.44. The molecule has 1 aromatic carbocycles. The van der Waals surface area contributed by atoms with E-state index in [0.29, 0.717) is 30.0 Å². The van der Waals surface area contributed by atoms with Crippen LogP contribution in [-0.4, -0.2) is 50.9 Å². The van der Waals surface area contributed by atoms with Crippen LogP contribution in [0.3, 0.4) is 0 Å². The van der Waals surface area contributed by atoms with Gasteiger partial charge >= 0.3 is 0 Å². The van der Waals surface area contributed by atoms with Gasteiger partial charge in [-0.2, -0.15) is 0 Å². The first-order valence-electron chi connectivity index (χ1n) is 7.14. The van der Waals surface area contributed by atoms with Gasteiger partial charge in [-0.25, -0.2) is 0 Å². The van der Waals surface area contributed by atoms with Gasteiger partial charge in [0.05, 0.1) is 22.3 Å². The van der Waals surface area contributed by atoms with E-state index in [0.717, 1.165) is 0 Å². The van der Waals surface area contributed by atoms with Crippen molar-refractivity contribution in [3.63, 3.8) is 0 Å². The highest BCUT2D eigenvalue weighted by molar-refractivity contribution is 6.42. The Kier molecular flexibility index (Phi) is 4.01. The summed E-state index contributed by atoms with van der Waals surface area (Å²) in [5, 5.41) is 29.6. The fraction of sp³-hybridized carbons (Fsp3) is 0.533. The molecule has 1 saturated heterocycles. The van der Waals surface area contributed by atoms with Crippen LogP contribution >= 0.6 is 23.2 Å². The molecule has 1 aliphatic carbocycles. The lowest BCUT2D eigenvalue weighted by Crippen LogP contribution is -2.57. The second-order valence-corrected chi connectivity index (χ2v) is 6.97. The van der Waals surface area contributed by atoms with Crippen LogP contribution in [0.15, 0.2) is 12.1 Å². The van der Waals surface area contributed by atoms with E-state index in [9.17, 15) is 15.0 Å². The zero-order valence-corrected chi connectivity index (χ0v) is 13.3. The molecule has 1 atom stereocenters. The molecule has 2 aliphatic rings. The number of carbonyl (C=O) groups excluding carboxylic acids is 1. The third-order valence-corrected chi connectivity index (χ3v) is 5.46. The van der Waals surface area contributed by atoms with E-state index in [1.54, 1.807) is 4.90 Å². The summed E-state index contributed by atoms with van der Waals surface area (Å²) in [5.74, 6) is -0.221. The SMILES string of the molecule is O=C1C[C@@H](c2c(O)ccc(Cl)c2Cl)CN1C1CC(O)(CO)C1. The van der Waals surface area contributed by atoms with Crippen LogP contribution in [0.25, 0.3) is 0 Å². The Bertz CT molecular complexity index is 616. The summed E-state index contributed by atoms with van der Waals surface area (Å²) in [6, 6.07) is 2.92. The number of amides is 1. The average molecular weight is 346 g/mol. The summed E-state index contributed by atoms with van der Waals surface area (Å²) in [6.45, 7) is 0.133. The van der Waals surface area contributed by atoms with Gasteiger partial charge in [-0.1, -0.05) is 23.2 Å². The molecule has 1 heterocycles. The lowest BCUT2D eigenvalue weighted by molar-refractivity contribution is -0.146. The summed E-state index contributed by atoms with van der Waals surface area (Å²) in [6.07, 6.45) is 0.996. The summed E-state index contributed by atoms with van der Waals surface area (Å²) in [4.78, 5) is 13.9. The molecular formula is C15H17Cl2NO4. The van der Waals surface area contributed by atoms with Crippen LogP contribution in [0.1, 0.15) is 30.7 Å². The maximum absolute atomic E-state index is 12.2. The standard InChI is InChI=1S/C15H17Cl2NO4/c16-10-1-2-11(20)13(14(10)17)8-3-12(21)18(6-8)9-4-15(22,5-9)7-19/h1-2,8-9,19-20,22H,3-7H2/t8-,9?,15?/m1/s1. The minimum Gasteiger partial charge on any atom is -0.508 e. The predicted molar refractivity (Wildman–Crippen MR) is 82.3 cm³/mol. The van der Waals surface area contributed by atoms with Crippen LogP contribution in [0, 0.1) is 0 Å². The molecule has 1 aromatic rings. The number of halogens is 2. The number of hydrogen-bond donors (Lipinski definition) is 3. The number of nitrogens with zero attached hydrogens (tertiary/aromatic N) is 1. The van der Waals surface area contributed by atoms with Crippen molar-refractivity contribution in [2.45, 2.75) is 36.8 Å². The zero-order valence-electron chi connectivity index (χ0n) is 11.8. The Morgan fingerprint density at radius 1 is 1.32 bits per heavy atom. The van der Waals surface area contributed by atoms with Crippen LogP contribution in [-0.2, 0) is 4.79 Å². The number of rotatable bonds is 3. The van der Waals surface area contributed by atoms with E-state index < -0.39 is 5.60 Å². The fourth-order valence-corrected chi connectivity index (χ4v) is 3.87. The van der Waals surface area contributed by atoms with Gasteiger partial charge < -0.3 is 20.2 Å². The van der Waals surface area contributed by atoms with E-state index in [-0.39, 0.29) is 41.7 Å². The quantitative estimate of drug-likeness (QED) is 0.781. The Balaban J connectivity index is 1.77. The molecule has 0 radical (unpaired) electrons. The first-order valence-corrected chi connectivity index (χ1v) is 7.90. The monoisotopic (exact) mass is 345 g/mol. The van der Waals surface area contributed by atoms with Gasteiger partial charge in [0.1, 0.15) is 5.75 Å². The van der Waals surface area contributed by atoms with Crippen molar-refractivity contribution >= 4 is 29.1 Å². The van der Waals surface area contributed by atoms with Crippen LogP contribution < -0.4 is 0 Å². The molecule has 3 N–H and O–H groups in total. The molecule has 7 heteroatoms. The number of benzene rings is 1. The lowest BCUT2D eigenvalue weighted by Gasteiger charge is -2.46. The van der Waals surface area contributed by atoms with Gasteiger partial charge in [-0.3, -0.25) is 4.79 Å². The van der Waals surface area contributed by atoms with Crippen molar-refractivity contribution in [3.05, 3.63) is 27.7 Å². The minimum atomic E-state index is -1.07. The van der Waals surface area contributed by atoms with Gasteiger partial charge in [-0.15, -0.1) is 0 Å². The fourth-order valence-electron chi connectivity index (χ4n) is 3.39. The Hall–Kier alpha value is -1.01. The number of aliphatic hydroxyl groups excluding tert-OH is 1. The number of phenolic OH excluding ortho intramolecular Hbond substituents is 1. The summed E-state index contributed by atoms with van der Waals surface area (Å²) < 4.78 is 0. The molecule has 0 unspecified atom stereocenters. The van der Waals surface area contributed by atoms with E-state index in [4.69, 9.17) is 28.3 Å². The maximum Gasteiger partial charge on any atom is 0.223 e. The van der Waals surface area contributed by atoms with Gasteiger partial charge in [0, 0.05) is 30.5 Å². The number of aliphatic hydroxyl groups is 2. The van der Waals surface area contributed by atoms with E-state index >= 15 is 0 Å². The van der Waals surface area contributed by atoms with Gasteiger partial charge in [0.15, 0.2) is 0 Å². The molecule has 2 fully saturated rings. The Labute approximate surface area is 138 Å². The second kappa shape index (κ2) is 5.57. The number of hydrogen-bond acceptors (Lipinski definition) is 4. The highest BCUT2D eigenvalue weighted by Gasteiger charge is 2.48. The smallest absolute Gasteiger partial charge is 0.223 e. The number of phenols is 1. The summed E-state index contributed by atoms with van der Waals surface area (Å²) >= 11 is 12.2. The van der Waals surface area contributed by atoms with Crippen LogP contribution in [0.5, 0.6) is 5.75 Å². The minimum absolute atomic E-state index is 0.0366. The van der Waals surface area contributed by atoms with Crippen molar-refractivity contribution in [1.29, 1.82) is 0 Å². The molecule has 120 valence electrons. The molecule has 1 amide bonds. The largest absolute Gasteiger partial charge is 0.508 e. The highest BCUT2D eigenvalue weighted by atomic mass is 35.5. The summed E-state index contributed by atoms with van der Waals surface area (Å²) in [5.41, 5.74) is -0.569. The molecule has 1 aliphatic heterocycles. The van der Waals surface area contributed by atoms with Crippen LogP contribution in [0.2, 0.25) is 10.0 Å². The molecular weight excluding hydrogens is 329 g/mol. The third-order valence-electron chi connectivity index (χ3n) is 4.64. The van der Waals surface area contributed by atoms with Crippen molar-refractivity contribution in [3.8, 4) is 5.75 Å². The third kappa shape index (κ3) is 2.56. The molecule has 22 heavy (non-hydrogen) atoms. The van der Waals surface area contributed by atoms with Gasteiger partial charge in [0.25, 0.3) is 0 Å². The maximum atomic E-state index is 12.2. The Morgan fingerprint density at radius 2 is 2.00 bits per heavy atom. The van der Waals surface area contributed by atoms with Crippen molar-refractivity contribution in [2.75, 3.05) is 13.2 Å². The Morgan fingerprint density at radius 3 is 2.64 bits per heavy atom. The average Bonchev–Trinajstić information content (AvgIpc) is 2.81. The topological polar surface area (TPSA) is 81.0 Å². The number of carbonyl (C=O) groups is 1. The van der Waals surface area contributed by atoms with Gasteiger partial charge in [0.2, 0.25) is 5.91 Å². The van der Waals surface area contributed by atoms with Crippen LogP contribution in [0.4, 0.5) is 0 Å². The lowest BCUT2D eigenvalue weighted by atomic mass is 9.75. The molecule has 0 bridgehead atoms. The zero-order chi connectivity index (χ0) is 16.1. The van der Waals surface area contributed by atoms with Crippen molar-refractivity contribution < 1.29 is 20.1 Å². The molecule has 5 nitrogen and oxygen atoms in total. The van der Waals surface area contributed by atoms with E-state index in [2.05, 4.69) is 0 Å². The van der Waals surface area contributed by atoms with Gasteiger partial charge in [-0.05, 0) is 25.0 Å². The number of aromatic hydroxyl groups is 1. The first-order chi connectivity index (χ1) is 10.3. The summed E-state index contributed by atoms with van der Waals surface area (Å²) in [7, 11) is 0. The van der Waals surface area contributed by atoms with E-state index in [1.807, 2.05) is 0 Å². The number of likely N-dealkylation sites (tertiary alicyclic amines) is 1. The molecule has 0 spiro atoms. The first kappa shape index (κ1) is 15.9. The molecule has 0 aromatic heterocycles. The second-order valence-electron chi connectivity index (χ2n) is 6.19.